The van der Waals surface area contributed by atoms with Gasteiger partial charge in [0.2, 0.25) is 17.7 Å². The van der Waals surface area contributed by atoms with E-state index in [1.165, 1.54) is 17.7 Å². The predicted octanol–water partition coefficient (Wildman–Crippen LogP) is 7.34. The van der Waals surface area contributed by atoms with Crippen molar-refractivity contribution in [1.82, 2.24) is 40.2 Å². The summed E-state index contributed by atoms with van der Waals surface area (Å²) in [7, 11) is 1.58. The third-order valence-electron chi connectivity index (χ3n) is 15.6. The molecule has 2 saturated heterocycles. The molecule has 1 aromatic carbocycles. The zero-order chi connectivity index (χ0) is 56.0. The lowest BCUT2D eigenvalue weighted by Crippen LogP contribution is -2.53. The van der Waals surface area contributed by atoms with Gasteiger partial charge in [0.1, 0.15) is 30.0 Å². The number of anilines is 2. The molecule has 78 heavy (non-hydrogen) atoms. The average Bonchev–Trinajstić information content (AvgIpc) is 4.17. The number of benzene rings is 1. The summed E-state index contributed by atoms with van der Waals surface area (Å²) in [6.07, 6.45) is 12.3. The van der Waals surface area contributed by atoms with Crippen LogP contribution >= 0.6 is 0 Å². The number of amides is 3. The minimum Gasteiger partial charge on any atom is -0.497 e. The highest BCUT2D eigenvalue weighted by Gasteiger charge is 2.39. The molecule has 0 spiro atoms. The number of likely N-dealkylation sites (tertiary alicyclic amines) is 2. The van der Waals surface area contributed by atoms with Crippen molar-refractivity contribution in [1.29, 1.82) is 0 Å². The van der Waals surface area contributed by atoms with Gasteiger partial charge < -0.3 is 50.8 Å². The number of aromatic nitrogens is 4. The molecule has 1 saturated carbocycles. The highest BCUT2D eigenvalue weighted by molar-refractivity contribution is 5.88. The molecule has 5 unspecified atom stereocenters. The van der Waals surface area contributed by atoms with Crippen molar-refractivity contribution in [2.24, 2.45) is 16.7 Å². The largest absolute Gasteiger partial charge is 0.497 e. The third kappa shape index (κ3) is 17.2. The number of aliphatic carboxylic acids is 2. The molecule has 0 bridgehead atoms. The molecule has 3 amide bonds. The second-order valence-electron chi connectivity index (χ2n) is 23.4. The average molecular weight is 1080 g/mol. The number of ether oxygens (including phenoxy) is 2. The van der Waals surface area contributed by atoms with Crippen molar-refractivity contribution < 1.29 is 43.7 Å². The van der Waals surface area contributed by atoms with E-state index in [4.69, 9.17) is 14.5 Å². The Morgan fingerprint density at radius 1 is 0.974 bits per heavy atom. The van der Waals surface area contributed by atoms with Crippen molar-refractivity contribution in [2.75, 3.05) is 70.2 Å². The normalized spacial score (nSPS) is 19.8. The van der Waals surface area contributed by atoms with Gasteiger partial charge in [-0.2, -0.15) is 5.10 Å². The van der Waals surface area contributed by atoms with E-state index in [1.54, 1.807) is 30.3 Å². The molecule has 6 N–H and O–H groups in total. The Balaban J connectivity index is 0.000000228. The van der Waals surface area contributed by atoms with Gasteiger partial charge in [-0.15, -0.1) is 0 Å². The van der Waals surface area contributed by atoms with E-state index in [-0.39, 0.29) is 54.9 Å². The van der Waals surface area contributed by atoms with Crippen molar-refractivity contribution in [3.63, 3.8) is 0 Å². The second-order valence-corrected chi connectivity index (χ2v) is 23.4. The fraction of sp³-hybridized carbons (Fsp3) is 0.593. The van der Waals surface area contributed by atoms with Gasteiger partial charge in [-0.1, -0.05) is 65.2 Å². The molecule has 3 aliphatic heterocycles. The number of hydrogen-bond acceptors (Lipinski definition) is 13. The monoisotopic (exact) mass is 1080 g/mol. The van der Waals surface area contributed by atoms with Crippen LogP contribution < -0.4 is 26.0 Å². The second kappa shape index (κ2) is 27.3. The molecule has 4 aromatic rings. The Morgan fingerprint density at radius 2 is 1.77 bits per heavy atom. The third-order valence-corrected chi connectivity index (χ3v) is 15.6. The van der Waals surface area contributed by atoms with Crippen molar-refractivity contribution in [3.8, 4) is 11.4 Å². The molecule has 424 valence electrons. The first-order valence-corrected chi connectivity index (χ1v) is 28.0. The van der Waals surface area contributed by atoms with E-state index in [9.17, 15) is 34.2 Å². The molecule has 5 atom stereocenters. The van der Waals surface area contributed by atoms with Gasteiger partial charge in [0.25, 0.3) is 0 Å². The van der Waals surface area contributed by atoms with Crippen LogP contribution in [0, 0.1) is 30.6 Å². The molecular formula is C59H84N10O9. The maximum atomic E-state index is 13.2. The Morgan fingerprint density at radius 3 is 2.49 bits per heavy atom. The first-order valence-electron chi connectivity index (χ1n) is 28.0. The molecule has 3 fully saturated rings. The highest BCUT2D eigenvalue weighted by Crippen LogP contribution is 2.36. The number of rotatable bonds is 22. The van der Waals surface area contributed by atoms with Gasteiger partial charge in [0.05, 0.1) is 37.1 Å². The summed E-state index contributed by atoms with van der Waals surface area (Å²) in [5, 5.41) is 35.8. The number of nitrogens with zero attached hydrogens (tertiary/aromatic N) is 6. The lowest BCUT2D eigenvalue weighted by atomic mass is 9.75. The molecular weight excluding hydrogens is 993 g/mol. The predicted molar refractivity (Wildman–Crippen MR) is 299 cm³/mol. The van der Waals surface area contributed by atoms with Crippen LogP contribution in [0.2, 0.25) is 0 Å². The number of carboxylic acids is 2. The van der Waals surface area contributed by atoms with Gasteiger partial charge in [-0.05, 0) is 125 Å². The highest BCUT2D eigenvalue weighted by atomic mass is 16.5. The smallest absolute Gasteiger partial charge is 0.328 e. The fourth-order valence-electron chi connectivity index (χ4n) is 11.2. The van der Waals surface area contributed by atoms with Crippen LogP contribution in [0.1, 0.15) is 132 Å². The molecule has 1 aliphatic carbocycles. The van der Waals surface area contributed by atoms with E-state index >= 15 is 0 Å². The van der Waals surface area contributed by atoms with Crippen LogP contribution in [0.25, 0.3) is 5.69 Å². The number of carbonyl (C=O) groups excluding carboxylic acids is 3. The number of methoxy groups -OCH3 is 1. The Hall–Kier alpha value is -6.60. The minimum atomic E-state index is -1.24. The lowest BCUT2D eigenvalue weighted by Gasteiger charge is -2.33. The van der Waals surface area contributed by atoms with Gasteiger partial charge in [-0.25, -0.2) is 19.4 Å². The first kappa shape index (κ1) is 59.1. The maximum absolute atomic E-state index is 13.2. The SMILES string of the molecule is COc1ccnc(NCC2CC(OCC(=O)NCC(NC(=O)C3(C)CCCCC3)C(=O)O)CN2C(=O)CC(C)(C)C)c1.Cc1cc(C)n(-c2cccc(C(CC(=O)O)CN3CCC(CCc4ccc5c(n4)NCCC5)C3)c2)n1. The van der Waals surface area contributed by atoms with Crippen molar-refractivity contribution in [3.05, 3.63) is 89.0 Å². The summed E-state index contributed by atoms with van der Waals surface area (Å²) in [6, 6.07) is 16.8. The molecule has 6 heterocycles. The van der Waals surface area contributed by atoms with Crippen LogP contribution in [0.5, 0.6) is 5.75 Å². The molecule has 4 aliphatic rings. The number of carboxylic acid groups (broad SMARTS) is 2. The van der Waals surface area contributed by atoms with Crippen LogP contribution in [-0.4, -0.2) is 147 Å². The molecule has 19 nitrogen and oxygen atoms in total. The summed E-state index contributed by atoms with van der Waals surface area (Å²) in [6.45, 7) is 16.0. The van der Waals surface area contributed by atoms with Gasteiger partial charge in [-0.3, -0.25) is 19.2 Å². The maximum Gasteiger partial charge on any atom is 0.328 e. The van der Waals surface area contributed by atoms with E-state index in [1.807, 2.05) is 58.4 Å². The number of fused-ring (bicyclic) bond motifs is 1. The van der Waals surface area contributed by atoms with E-state index in [0.29, 0.717) is 56.3 Å². The molecule has 8 rings (SSSR count). The Labute approximate surface area is 460 Å². The topological polar surface area (TPSA) is 242 Å². The lowest BCUT2D eigenvalue weighted by molar-refractivity contribution is -0.144. The van der Waals surface area contributed by atoms with E-state index in [0.717, 1.165) is 99.6 Å². The molecule has 19 heteroatoms. The van der Waals surface area contributed by atoms with Crippen LogP contribution in [0.3, 0.4) is 0 Å². The quantitative estimate of drug-likeness (QED) is 0.0451. The zero-order valence-electron chi connectivity index (χ0n) is 46.9. The summed E-state index contributed by atoms with van der Waals surface area (Å²) in [5.74, 6) is 0.200. The fourth-order valence-corrected chi connectivity index (χ4v) is 11.2. The van der Waals surface area contributed by atoms with E-state index in [2.05, 4.69) is 66.6 Å². The summed E-state index contributed by atoms with van der Waals surface area (Å²) >= 11 is 0. The summed E-state index contributed by atoms with van der Waals surface area (Å²) < 4.78 is 13.1. The van der Waals surface area contributed by atoms with Gasteiger partial charge in [0.15, 0.2) is 0 Å². The Kier molecular flexibility index (Phi) is 20.7. The van der Waals surface area contributed by atoms with Crippen molar-refractivity contribution >= 4 is 41.3 Å². The molecule has 0 radical (unpaired) electrons. The number of hydrogen-bond donors (Lipinski definition) is 6. The Bertz CT molecular complexity index is 2680. The molecule has 3 aromatic heterocycles. The van der Waals surface area contributed by atoms with Crippen molar-refractivity contribution in [2.45, 2.75) is 149 Å². The minimum absolute atomic E-state index is 0.00940. The number of pyridine rings is 2. The zero-order valence-corrected chi connectivity index (χ0v) is 46.9. The van der Waals surface area contributed by atoms with Crippen LogP contribution in [-0.2, 0) is 41.6 Å². The number of nitrogens with one attached hydrogen (secondary N) is 4. The number of aryl methyl sites for hydroxylation is 4. The van der Waals surface area contributed by atoms with Crippen LogP contribution in [0.15, 0.2) is 60.8 Å². The van der Waals surface area contributed by atoms with Gasteiger partial charge >= 0.3 is 11.9 Å². The number of carbonyl (C=O) groups is 5. The summed E-state index contributed by atoms with van der Waals surface area (Å²) in [5.41, 5.74) is 5.83. The van der Waals surface area contributed by atoms with E-state index < -0.39 is 29.3 Å². The van der Waals surface area contributed by atoms with Crippen LogP contribution in [0.4, 0.5) is 11.6 Å². The standard InChI is InChI=1S/C30H47N5O7.C29H37N5O2/c1-29(2,3)15-26(37)35-18-22(13-20(35)16-32-24-14-21(41-5)9-12-31-24)42-19-25(36)33-17-23(27(38)39)34-28(40)30(4)10-7-6-8-11-30;1-20-15-21(2)34(32-20)27-7-3-5-24(16-27)25(17-28(35)36)19-33-14-12-22(18-33)8-10-26-11-9-23-6-4-13-30-29(23)31-26/h9,12,14,20,22-23H,6-8,10-11,13,15-19H2,1-5H3,(H,31,32)(H,33,36)(H,34,40)(H,38,39);3,5,7,9,11,15-16,22,25H,4,6,8,10,12-14,17-19H2,1-2H3,(H,30,31)(H,35,36). The first-order chi connectivity index (χ1) is 37.2. The van der Waals surface area contributed by atoms with Gasteiger partial charge in [0, 0.05) is 80.7 Å². The summed E-state index contributed by atoms with van der Waals surface area (Å²) in [4.78, 5) is 75.5.